The number of hydrogen-bond donors (Lipinski definition) is 1. The molecule has 0 atom stereocenters. The number of aromatic nitrogens is 2. The fourth-order valence-corrected chi connectivity index (χ4v) is 1.46. The van der Waals surface area contributed by atoms with Crippen molar-refractivity contribution in [3.8, 4) is 0 Å². The third kappa shape index (κ3) is 3.06. The summed E-state index contributed by atoms with van der Waals surface area (Å²) in [6, 6.07) is 3.20. The van der Waals surface area contributed by atoms with Gasteiger partial charge in [-0.2, -0.15) is 5.10 Å². The number of hydrogen-bond acceptors (Lipinski definition) is 4. The van der Waals surface area contributed by atoms with E-state index in [0.29, 0.717) is 12.6 Å². The molecule has 0 aliphatic rings. The first kappa shape index (κ1) is 13.0. The largest absolute Gasteiger partial charge is 0.460 e. The van der Waals surface area contributed by atoms with Crippen molar-refractivity contribution in [1.29, 1.82) is 0 Å². The van der Waals surface area contributed by atoms with Gasteiger partial charge in [0.2, 0.25) is 0 Å². The monoisotopic (exact) mass is 267 g/mol. The molecule has 1 heterocycles. The highest BCUT2D eigenvalue weighted by molar-refractivity contribution is 5.90. The van der Waals surface area contributed by atoms with Gasteiger partial charge < -0.3 is 10.5 Å². The standard InChI is InChI=1S/C12H11F2N3O2/c13-9-7-10(14)11(15)6-8(9)12(18)19-5-4-17-3-1-2-16-17/h1-3,6-7H,4-5,15H2. The molecule has 5 nitrogen and oxygen atoms in total. The van der Waals surface area contributed by atoms with Crippen molar-refractivity contribution in [3.05, 3.63) is 47.8 Å². The van der Waals surface area contributed by atoms with Crippen LogP contribution in [0.2, 0.25) is 0 Å². The molecule has 1 aromatic carbocycles. The molecule has 0 radical (unpaired) electrons. The molecule has 0 saturated heterocycles. The second-order valence-corrected chi connectivity index (χ2v) is 3.76. The van der Waals surface area contributed by atoms with E-state index in [-0.39, 0.29) is 17.9 Å². The Morgan fingerprint density at radius 1 is 1.37 bits per heavy atom. The van der Waals surface area contributed by atoms with Gasteiger partial charge in [-0.3, -0.25) is 4.68 Å². The molecule has 0 bridgehead atoms. The van der Waals surface area contributed by atoms with Crippen LogP contribution in [-0.4, -0.2) is 22.4 Å². The molecular weight excluding hydrogens is 256 g/mol. The van der Waals surface area contributed by atoms with Crippen LogP contribution >= 0.6 is 0 Å². The summed E-state index contributed by atoms with van der Waals surface area (Å²) in [6.07, 6.45) is 3.28. The van der Waals surface area contributed by atoms with Crippen molar-refractivity contribution in [2.75, 3.05) is 12.3 Å². The van der Waals surface area contributed by atoms with Gasteiger partial charge >= 0.3 is 5.97 Å². The van der Waals surface area contributed by atoms with E-state index < -0.39 is 17.6 Å². The molecule has 0 unspecified atom stereocenters. The number of carbonyl (C=O) groups excluding carboxylic acids is 1. The summed E-state index contributed by atoms with van der Waals surface area (Å²) in [5, 5.41) is 3.91. The fourth-order valence-electron chi connectivity index (χ4n) is 1.46. The summed E-state index contributed by atoms with van der Waals surface area (Å²) in [5.74, 6) is -2.81. The smallest absolute Gasteiger partial charge is 0.341 e. The van der Waals surface area contributed by atoms with Crippen LogP contribution in [0.1, 0.15) is 10.4 Å². The van der Waals surface area contributed by atoms with E-state index in [0.717, 1.165) is 6.07 Å². The third-order valence-corrected chi connectivity index (χ3v) is 2.42. The van der Waals surface area contributed by atoms with Crippen LogP contribution in [0.4, 0.5) is 14.5 Å². The lowest BCUT2D eigenvalue weighted by Gasteiger charge is -2.07. The van der Waals surface area contributed by atoms with Crippen LogP contribution < -0.4 is 5.73 Å². The molecule has 0 amide bonds. The van der Waals surface area contributed by atoms with E-state index >= 15 is 0 Å². The Balaban J connectivity index is 1.98. The van der Waals surface area contributed by atoms with Gasteiger partial charge in [0.05, 0.1) is 17.8 Å². The van der Waals surface area contributed by atoms with Crippen molar-refractivity contribution in [3.63, 3.8) is 0 Å². The van der Waals surface area contributed by atoms with E-state index in [2.05, 4.69) is 5.10 Å². The average Bonchev–Trinajstić information content (AvgIpc) is 2.86. The van der Waals surface area contributed by atoms with E-state index in [4.69, 9.17) is 10.5 Å². The van der Waals surface area contributed by atoms with E-state index in [1.54, 1.807) is 23.1 Å². The van der Waals surface area contributed by atoms with Gasteiger partial charge in [-0.15, -0.1) is 0 Å². The first-order valence-electron chi connectivity index (χ1n) is 5.47. The van der Waals surface area contributed by atoms with Crippen LogP contribution in [0, 0.1) is 11.6 Å². The van der Waals surface area contributed by atoms with Gasteiger partial charge in [0.1, 0.15) is 18.2 Å². The second-order valence-electron chi connectivity index (χ2n) is 3.76. The van der Waals surface area contributed by atoms with Crippen LogP contribution in [0.25, 0.3) is 0 Å². The number of rotatable bonds is 4. The first-order chi connectivity index (χ1) is 9.08. The number of ether oxygens (including phenoxy) is 1. The van der Waals surface area contributed by atoms with Gasteiger partial charge in [-0.1, -0.05) is 0 Å². The van der Waals surface area contributed by atoms with Crippen LogP contribution in [0.5, 0.6) is 0 Å². The Kier molecular flexibility index (Phi) is 3.74. The highest BCUT2D eigenvalue weighted by Gasteiger charge is 2.16. The van der Waals surface area contributed by atoms with Gasteiger partial charge in [0, 0.05) is 18.5 Å². The highest BCUT2D eigenvalue weighted by atomic mass is 19.1. The van der Waals surface area contributed by atoms with Crippen LogP contribution in [-0.2, 0) is 11.3 Å². The van der Waals surface area contributed by atoms with Crippen LogP contribution in [0.15, 0.2) is 30.6 Å². The topological polar surface area (TPSA) is 70.1 Å². The van der Waals surface area contributed by atoms with Crippen LogP contribution in [0.3, 0.4) is 0 Å². The SMILES string of the molecule is Nc1cc(C(=O)OCCn2cccn2)c(F)cc1F. The predicted molar refractivity (Wildman–Crippen MR) is 63.3 cm³/mol. The van der Waals surface area contributed by atoms with Crippen molar-refractivity contribution >= 4 is 11.7 Å². The normalized spacial score (nSPS) is 10.4. The second kappa shape index (κ2) is 5.47. The molecule has 2 rings (SSSR count). The quantitative estimate of drug-likeness (QED) is 0.674. The number of nitrogen functional groups attached to an aromatic ring is 1. The first-order valence-corrected chi connectivity index (χ1v) is 5.47. The van der Waals surface area contributed by atoms with E-state index in [1.165, 1.54) is 0 Å². The lowest BCUT2D eigenvalue weighted by molar-refractivity contribution is 0.0482. The number of esters is 1. The molecule has 0 fully saturated rings. The van der Waals surface area contributed by atoms with E-state index in [9.17, 15) is 13.6 Å². The molecule has 1 aromatic heterocycles. The number of anilines is 1. The lowest BCUT2D eigenvalue weighted by Crippen LogP contribution is -2.13. The zero-order chi connectivity index (χ0) is 13.8. The average molecular weight is 267 g/mol. The maximum absolute atomic E-state index is 13.4. The Hall–Kier alpha value is -2.44. The van der Waals surface area contributed by atoms with Crippen molar-refractivity contribution in [1.82, 2.24) is 9.78 Å². The minimum Gasteiger partial charge on any atom is -0.460 e. The highest BCUT2D eigenvalue weighted by Crippen LogP contribution is 2.17. The minimum absolute atomic E-state index is 0.0250. The van der Waals surface area contributed by atoms with Crippen molar-refractivity contribution in [2.24, 2.45) is 0 Å². The molecule has 0 spiro atoms. The Morgan fingerprint density at radius 3 is 2.84 bits per heavy atom. The van der Waals surface area contributed by atoms with Crippen molar-refractivity contribution in [2.45, 2.75) is 6.54 Å². The summed E-state index contributed by atoms with van der Waals surface area (Å²) < 4.78 is 32.7. The van der Waals surface area contributed by atoms with Gasteiger partial charge in [0.25, 0.3) is 0 Å². The van der Waals surface area contributed by atoms with Gasteiger partial charge in [0.15, 0.2) is 0 Å². The Bertz CT molecular complexity index is 585. The summed E-state index contributed by atoms with van der Waals surface area (Å²) in [5.41, 5.74) is 4.57. The molecule has 0 aliphatic heterocycles. The van der Waals surface area contributed by atoms with E-state index in [1.807, 2.05) is 0 Å². The number of nitrogens with two attached hydrogens (primary N) is 1. The Morgan fingerprint density at radius 2 is 2.16 bits per heavy atom. The van der Waals surface area contributed by atoms with Gasteiger partial charge in [-0.05, 0) is 12.1 Å². The molecule has 2 N–H and O–H groups in total. The number of carbonyl (C=O) groups is 1. The molecule has 19 heavy (non-hydrogen) atoms. The number of halogens is 2. The number of nitrogens with zero attached hydrogens (tertiary/aromatic N) is 2. The fraction of sp³-hybridized carbons (Fsp3) is 0.167. The maximum Gasteiger partial charge on any atom is 0.341 e. The zero-order valence-electron chi connectivity index (χ0n) is 9.85. The summed E-state index contributed by atoms with van der Waals surface area (Å²) >= 11 is 0. The summed E-state index contributed by atoms with van der Waals surface area (Å²) in [7, 11) is 0. The lowest BCUT2D eigenvalue weighted by atomic mass is 10.2. The maximum atomic E-state index is 13.4. The summed E-state index contributed by atoms with van der Waals surface area (Å²) in [4.78, 5) is 11.6. The molecule has 7 heteroatoms. The zero-order valence-corrected chi connectivity index (χ0v) is 9.85. The summed E-state index contributed by atoms with van der Waals surface area (Å²) in [6.45, 7) is 0.369. The molecule has 0 saturated carbocycles. The molecule has 0 aliphatic carbocycles. The molecular formula is C12H11F2N3O2. The predicted octanol–water partition coefficient (Wildman–Crippen LogP) is 1.60. The third-order valence-electron chi connectivity index (χ3n) is 2.42. The van der Waals surface area contributed by atoms with Gasteiger partial charge in [-0.25, -0.2) is 13.6 Å². The molecule has 2 aromatic rings. The number of benzene rings is 1. The molecule has 100 valence electrons. The minimum atomic E-state index is -1.00. The Labute approximate surface area is 107 Å². The van der Waals surface area contributed by atoms with Crippen molar-refractivity contribution < 1.29 is 18.3 Å².